The van der Waals surface area contributed by atoms with Gasteiger partial charge in [-0.05, 0) is 75.8 Å². The molecule has 0 bridgehead atoms. The predicted octanol–water partition coefficient (Wildman–Crippen LogP) is 6.14. The van der Waals surface area contributed by atoms with Crippen molar-refractivity contribution in [1.29, 1.82) is 0 Å². The number of benzene rings is 8. The van der Waals surface area contributed by atoms with Crippen LogP contribution in [-0.2, 0) is 22.7 Å². The lowest BCUT2D eigenvalue weighted by Gasteiger charge is -2.19. The second kappa shape index (κ2) is 10.2. The summed E-state index contributed by atoms with van der Waals surface area (Å²) in [5, 5.41) is 40.0. The SMILES string of the molecule is O=C(NCc1ccc2ccc3cccc4ccc1c2c34)[C@H](O)[C@@H](O)C(=O)NCc1ccc2ccc3cccc4ccc1c2c34. The van der Waals surface area contributed by atoms with Crippen molar-refractivity contribution in [3.05, 3.63) is 120 Å². The molecule has 0 aromatic heterocycles. The normalized spacial score (nSPS) is 13.4. The molecule has 6 heteroatoms. The molecule has 2 atom stereocenters. The zero-order valence-electron chi connectivity index (χ0n) is 23.7. The van der Waals surface area contributed by atoms with Gasteiger partial charge in [-0.15, -0.1) is 0 Å². The first kappa shape index (κ1) is 26.3. The van der Waals surface area contributed by atoms with Gasteiger partial charge in [0.15, 0.2) is 12.2 Å². The Kier molecular flexibility index (Phi) is 6.08. The van der Waals surface area contributed by atoms with Crippen LogP contribution in [0.25, 0.3) is 64.6 Å². The van der Waals surface area contributed by atoms with E-state index in [4.69, 9.17) is 0 Å². The van der Waals surface area contributed by atoms with Crippen LogP contribution in [0.3, 0.4) is 0 Å². The fourth-order valence-electron chi connectivity index (χ4n) is 6.76. The van der Waals surface area contributed by atoms with E-state index in [0.29, 0.717) is 0 Å². The molecule has 0 unspecified atom stereocenters. The van der Waals surface area contributed by atoms with Gasteiger partial charge in [0.05, 0.1) is 0 Å². The molecule has 0 aliphatic rings. The topological polar surface area (TPSA) is 98.7 Å². The smallest absolute Gasteiger partial charge is 0.252 e. The first-order valence-electron chi connectivity index (χ1n) is 14.7. The minimum atomic E-state index is -1.92. The Bertz CT molecular complexity index is 2180. The Hall–Kier alpha value is -5.30. The second-order valence-corrected chi connectivity index (χ2v) is 11.5. The van der Waals surface area contributed by atoms with E-state index in [9.17, 15) is 19.8 Å². The van der Waals surface area contributed by atoms with Gasteiger partial charge in [-0.3, -0.25) is 9.59 Å². The highest BCUT2D eigenvalue weighted by atomic mass is 16.3. The van der Waals surface area contributed by atoms with Crippen molar-refractivity contribution >= 4 is 76.4 Å². The van der Waals surface area contributed by atoms with Gasteiger partial charge in [0.1, 0.15) is 0 Å². The quantitative estimate of drug-likeness (QED) is 0.172. The lowest BCUT2D eigenvalue weighted by Crippen LogP contribution is -2.49. The Morgan fingerprint density at radius 1 is 0.455 bits per heavy atom. The second-order valence-electron chi connectivity index (χ2n) is 11.5. The Balaban J connectivity index is 0.974. The minimum Gasteiger partial charge on any atom is -0.380 e. The van der Waals surface area contributed by atoms with Crippen LogP contribution in [0, 0.1) is 0 Å². The number of hydrogen-bond acceptors (Lipinski definition) is 4. The number of aliphatic hydroxyl groups is 2. The van der Waals surface area contributed by atoms with Crippen LogP contribution >= 0.6 is 0 Å². The number of carbonyl (C=O) groups excluding carboxylic acids is 2. The Morgan fingerprint density at radius 2 is 0.773 bits per heavy atom. The summed E-state index contributed by atoms with van der Waals surface area (Å²) < 4.78 is 0. The molecule has 6 nitrogen and oxygen atoms in total. The van der Waals surface area contributed by atoms with Crippen LogP contribution in [0.2, 0.25) is 0 Å². The summed E-state index contributed by atoms with van der Waals surface area (Å²) >= 11 is 0. The molecule has 214 valence electrons. The maximum absolute atomic E-state index is 12.9. The molecule has 0 spiro atoms. The van der Waals surface area contributed by atoms with E-state index >= 15 is 0 Å². The summed E-state index contributed by atoms with van der Waals surface area (Å²) in [6.45, 7) is 0.280. The van der Waals surface area contributed by atoms with Crippen LogP contribution in [0.15, 0.2) is 109 Å². The van der Waals surface area contributed by atoms with Gasteiger partial charge in [-0.25, -0.2) is 0 Å². The van der Waals surface area contributed by atoms with Crippen LogP contribution in [-0.4, -0.2) is 34.2 Å². The highest BCUT2D eigenvalue weighted by molar-refractivity contribution is 6.24. The molecule has 0 fully saturated rings. The first-order valence-corrected chi connectivity index (χ1v) is 14.7. The molecular formula is C38H28N2O4. The van der Waals surface area contributed by atoms with Crippen LogP contribution in [0.1, 0.15) is 11.1 Å². The third kappa shape index (κ3) is 4.11. The lowest BCUT2D eigenvalue weighted by atomic mass is 9.92. The van der Waals surface area contributed by atoms with Crippen LogP contribution < -0.4 is 10.6 Å². The van der Waals surface area contributed by atoms with Gasteiger partial charge in [-0.1, -0.05) is 109 Å². The van der Waals surface area contributed by atoms with E-state index in [0.717, 1.165) is 65.0 Å². The first-order chi connectivity index (χ1) is 21.5. The summed E-state index contributed by atoms with van der Waals surface area (Å²) in [5.41, 5.74) is 1.76. The molecule has 0 saturated carbocycles. The van der Waals surface area contributed by atoms with Crippen molar-refractivity contribution in [2.75, 3.05) is 0 Å². The fourth-order valence-corrected chi connectivity index (χ4v) is 6.76. The highest BCUT2D eigenvalue weighted by Gasteiger charge is 2.30. The monoisotopic (exact) mass is 576 g/mol. The predicted molar refractivity (Wildman–Crippen MR) is 176 cm³/mol. The number of hydrogen-bond donors (Lipinski definition) is 4. The highest BCUT2D eigenvalue weighted by Crippen LogP contribution is 2.37. The van der Waals surface area contributed by atoms with Gasteiger partial charge in [0.2, 0.25) is 0 Å². The van der Waals surface area contributed by atoms with Gasteiger partial charge in [0, 0.05) is 13.1 Å². The van der Waals surface area contributed by atoms with E-state index in [1.54, 1.807) is 0 Å². The third-order valence-corrected chi connectivity index (χ3v) is 8.98. The van der Waals surface area contributed by atoms with Crippen molar-refractivity contribution in [3.8, 4) is 0 Å². The lowest BCUT2D eigenvalue weighted by molar-refractivity contribution is -0.146. The number of amides is 2. The van der Waals surface area contributed by atoms with Crippen molar-refractivity contribution in [1.82, 2.24) is 10.6 Å². The summed E-state index contributed by atoms with van der Waals surface area (Å²) in [6, 6.07) is 37.0. The van der Waals surface area contributed by atoms with E-state index in [-0.39, 0.29) is 13.1 Å². The molecule has 8 aromatic rings. The fraction of sp³-hybridized carbons (Fsp3) is 0.105. The number of rotatable bonds is 7. The molecule has 0 heterocycles. The molecule has 0 radical (unpaired) electrons. The average Bonchev–Trinajstić information content (AvgIpc) is 3.07. The largest absolute Gasteiger partial charge is 0.380 e. The maximum Gasteiger partial charge on any atom is 0.252 e. The number of aliphatic hydroxyl groups excluding tert-OH is 2. The molecule has 0 aliphatic carbocycles. The van der Waals surface area contributed by atoms with Gasteiger partial charge < -0.3 is 20.8 Å². The zero-order chi connectivity index (χ0) is 29.9. The molecule has 8 rings (SSSR count). The summed E-state index contributed by atoms with van der Waals surface area (Å²) in [5.74, 6) is -1.64. The zero-order valence-corrected chi connectivity index (χ0v) is 23.7. The summed E-state index contributed by atoms with van der Waals surface area (Å²) in [7, 11) is 0. The van der Waals surface area contributed by atoms with Crippen LogP contribution in [0.4, 0.5) is 0 Å². The average molecular weight is 577 g/mol. The molecule has 2 amide bonds. The van der Waals surface area contributed by atoms with E-state index < -0.39 is 24.0 Å². The van der Waals surface area contributed by atoms with Gasteiger partial charge in [-0.2, -0.15) is 0 Å². The van der Waals surface area contributed by atoms with Crippen molar-refractivity contribution in [3.63, 3.8) is 0 Å². The number of carbonyl (C=O) groups is 2. The van der Waals surface area contributed by atoms with Crippen molar-refractivity contribution < 1.29 is 19.8 Å². The van der Waals surface area contributed by atoms with Gasteiger partial charge >= 0.3 is 0 Å². The molecule has 0 saturated heterocycles. The molecule has 0 aliphatic heterocycles. The molecular weight excluding hydrogens is 548 g/mol. The summed E-state index contributed by atoms with van der Waals surface area (Å²) in [6.07, 6.45) is -3.84. The molecule has 8 aromatic carbocycles. The Morgan fingerprint density at radius 3 is 1.16 bits per heavy atom. The standard InChI is InChI=1S/C38H28N2O4/c41-35(37(43)39-19-27-13-11-25-9-7-21-3-1-5-23-15-17-29(27)33(25)31(21)23)36(42)38(44)40-20-28-14-12-26-10-8-22-4-2-6-24-16-18-30(28)34(26)32(22)24/h1-18,35-36,41-42H,19-20H2,(H,39,43)(H,40,44)/t35-,36-/m1/s1. The van der Waals surface area contributed by atoms with Gasteiger partial charge in [0.25, 0.3) is 11.8 Å². The maximum atomic E-state index is 12.9. The Labute approximate surface area is 252 Å². The minimum absolute atomic E-state index is 0.140. The number of nitrogens with one attached hydrogen (secondary N) is 2. The van der Waals surface area contributed by atoms with E-state index in [1.165, 1.54) is 10.8 Å². The van der Waals surface area contributed by atoms with E-state index in [2.05, 4.69) is 71.3 Å². The van der Waals surface area contributed by atoms with Crippen molar-refractivity contribution in [2.24, 2.45) is 0 Å². The third-order valence-electron chi connectivity index (χ3n) is 8.98. The summed E-state index contributed by atoms with van der Waals surface area (Å²) in [4.78, 5) is 25.7. The van der Waals surface area contributed by atoms with Crippen molar-refractivity contribution in [2.45, 2.75) is 25.3 Å². The molecule has 4 N–H and O–H groups in total. The van der Waals surface area contributed by atoms with E-state index in [1.807, 2.05) is 48.5 Å². The molecule has 44 heavy (non-hydrogen) atoms. The van der Waals surface area contributed by atoms with Crippen LogP contribution in [0.5, 0.6) is 0 Å².